The molecule has 7 heteroatoms. The molecule has 0 amide bonds. The minimum absolute atomic E-state index is 0. The highest BCUT2D eigenvalue weighted by Gasteiger charge is 2.19. The van der Waals surface area contributed by atoms with Crippen LogP contribution in [-0.4, -0.2) is 18.1 Å². The molecule has 0 fully saturated rings. The van der Waals surface area contributed by atoms with Crippen LogP contribution in [0.3, 0.4) is 0 Å². The second kappa shape index (κ2) is 4.48. The van der Waals surface area contributed by atoms with Gasteiger partial charge in [-0.1, -0.05) is 0 Å². The lowest BCUT2D eigenvalue weighted by molar-refractivity contribution is 0.0593. The molecule has 0 aromatic carbocycles. The summed E-state index contributed by atoms with van der Waals surface area (Å²) >= 11 is 2.86. The van der Waals surface area contributed by atoms with Crippen molar-refractivity contribution in [2.45, 2.75) is 0 Å². The van der Waals surface area contributed by atoms with Crippen molar-refractivity contribution in [2.24, 2.45) is 0 Å². The van der Waals surface area contributed by atoms with E-state index in [1.807, 2.05) is 0 Å². The van der Waals surface area contributed by atoms with Gasteiger partial charge >= 0.3 is 5.97 Å². The highest BCUT2D eigenvalue weighted by molar-refractivity contribution is 9.10. The van der Waals surface area contributed by atoms with Crippen LogP contribution >= 0.6 is 28.3 Å². The summed E-state index contributed by atoms with van der Waals surface area (Å²) in [5.74, 6) is -1.55. The molecule has 1 aromatic rings. The molecule has 1 rings (SSSR count). The molecule has 4 nitrogen and oxygen atoms in total. The van der Waals surface area contributed by atoms with E-state index in [-0.39, 0.29) is 28.4 Å². The Morgan fingerprint density at radius 3 is 2.54 bits per heavy atom. The van der Waals surface area contributed by atoms with Crippen LogP contribution in [0, 0.1) is 5.82 Å². The molecule has 0 saturated heterocycles. The molecular weight excluding hydrogens is 266 g/mol. The van der Waals surface area contributed by atoms with Crippen molar-refractivity contribution < 1.29 is 13.9 Å². The third-order valence-corrected chi connectivity index (χ3v) is 2.04. The van der Waals surface area contributed by atoms with Crippen molar-refractivity contribution in [1.82, 2.24) is 4.98 Å². The smallest absolute Gasteiger partial charge is 0.355 e. The first-order chi connectivity index (χ1) is 5.57. The van der Waals surface area contributed by atoms with Crippen LogP contribution in [0.25, 0.3) is 0 Å². The van der Waals surface area contributed by atoms with Crippen molar-refractivity contribution in [3.05, 3.63) is 16.0 Å². The first-order valence-corrected chi connectivity index (χ1v) is 3.78. The van der Waals surface area contributed by atoms with Crippen LogP contribution in [0.5, 0.6) is 0 Å². The first kappa shape index (κ1) is 12.2. The Labute approximate surface area is 88.2 Å². The summed E-state index contributed by atoms with van der Waals surface area (Å²) in [6.45, 7) is 0. The van der Waals surface area contributed by atoms with Gasteiger partial charge in [-0.05, 0) is 15.9 Å². The highest BCUT2D eigenvalue weighted by atomic mass is 79.9. The number of aromatic nitrogens is 1. The van der Waals surface area contributed by atoms with Gasteiger partial charge in [0.15, 0.2) is 5.82 Å². The number of methoxy groups -OCH3 is 1. The number of rotatable bonds is 1. The van der Waals surface area contributed by atoms with E-state index in [0.717, 1.165) is 0 Å². The standard InChI is InChI=1S/C6H6BrFN2O2.ClH/c1-12-6(11)4-2(7)3(8)5(9)10-4;/h10H,9H2,1H3;1H. The molecule has 1 aromatic heterocycles. The maximum Gasteiger partial charge on any atom is 0.355 e. The van der Waals surface area contributed by atoms with E-state index in [1.54, 1.807) is 0 Å². The normalized spacial score (nSPS) is 9.15. The van der Waals surface area contributed by atoms with E-state index in [0.29, 0.717) is 0 Å². The summed E-state index contributed by atoms with van der Waals surface area (Å²) in [5.41, 5.74) is 5.14. The molecule has 0 unspecified atom stereocenters. The fourth-order valence-corrected chi connectivity index (χ4v) is 1.19. The molecule has 0 atom stereocenters. The Kier molecular flexibility index (Phi) is 4.22. The molecule has 0 aliphatic carbocycles. The van der Waals surface area contributed by atoms with E-state index >= 15 is 0 Å². The SMILES string of the molecule is COC(=O)c1[nH]c(N)c(F)c1Br.Cl. The van der Waals surface area contributed by atoms with Crippen molar-refractivity contribution in [3.8, 4) is 0 Å². The fourth-order valence-electron chi connectivity index (χ4n) is 0.715. The van der Waals surface area contributed by atoms with Gasteiger partial charge in [-0.2, -0.15) is 0 Å². The third-order valence-electron chi connectivity index (χ3n) is 1.30. The van der Waals surface area contributed by atoms with Crippen molar-refractivity contribution in [3.63, 3.8) is 0 Å². The zero-order valence-corrected chi connectivity index (χ0v) is 8.96. The maximum atomic E-state index is 12.8. The highest BCUT2D eigenvalue weighted by Crippen LogP contribution is 2.25. The number of carbonyl (C=O) groups excluding carboxylic acids is 1. The number of nitrogens with two attached hydrogens (primary N) is 1. The zero-order valence-electron chi connectivity index (χ0n) is 6.56. The van der Waals surface area contributed by atoms with Gasteiger partial charge in [0.05, 0.1) is 11.6 Å². The first-order valence-electron chi connectivity index (χ1n) is 2.98. The Balaban J connectivity index is 0.00000144. The molecule has 0 aliphatic heterocycles. The Morgan fingerprint density at radius 1 is 1.69 bits per heavy atom. The number of hydrogen-bond acceptors (Lipinski definition) is 3. The lowest BCUT2D eigenvalue weighted by Gasteiger charge is -1.94. The van der Waals surface area contributed by atoms with Crippen LogP contribution < -0.4 is 5.73 Å². The second-order valence-corrected chi connectivity index (χ2v) is 2.83. The monoisotopic (exact) mass is 272 g/mol. The van der Waals surface area contributed by atoms with Crippen LogP contribution in [0.4, 0.5) is 10.2 Å². The number of aromatic amines is 1. The van der Waals surface area contributed by atoms with Crippen LogP contribution in [0.15, 0.2) is 4.47 Å². The number of H-pyrrole nitrogens is 1. The average Bonchev–Trinajstić information content (AvgIpc) is 2.32. The van der Waals surface area contributed by atoms with Gasteiger partial charge in [0.2, 0.25) is 0 Å². The molecule has 74 valence electrons. The van der Waals surface area contributed by atoms with E-state index in [9.17, 15) is 9.18 Å². The zero-order chi connectivity index (χ0) is 9.30. The predicted octanol–water partition coefficient (Wildman–Crippen LogP) is 1.71. The number of hydrogen-bond donors (Lipinski definition) is 2. The Bertz CT molecular complexity index is 329. The molecular formula is C6H7BrClFN2O2. The van der Waals surface area contributed by atoms with Crippen LogP contribution in [0.2, 0.25) is 0 Å². The summed E-state index contributed by atoms with van der Waals surface area (Å²) in [4.78, 5) is 13.2. The minimum atomic E-state index is -0.685. The number of nitrogens with one attached hydrogen (secondary N) is 1. The lowest BCUT2D eigenvalue weighted by atomic mass is 10.4. The molecule has 0 radical (unpaired) electrons. The number of halogens is 3. The van der Waals surface area contributed by atoms with Gasteiger partial charge in [-0.25, -0.2) is 9.18 Å². The molecule has 13 heavy (non-hydrogen) atoms. The van der Waals surface area contributed by atoms with Crippen molar-refractivity contribution in [1.29, 1.82) is 0 Å². The van der Waals surface area contributed by atoms with E-state index in [1.165, 1.54) is 7.11 Å². The topological polar surface area (TPSA) is 68.1 Å². The van der Waals surface area contributed by atoms with Gasteiger partial charge in [-0.3, -0.25) is 0 Å². The summed E-state index contributed by atoms with van der Waals surface area (Å²) < 4.78 is 17.2. The summed E-state index contributed by atoms with van der Waals surface area (Å²) in [7, 11) is 1.20. The fraction of sp³-hybridized carbons (Fsp3) is 0.167. The van der Waals surface area contributed by atoms with E-state index in [2.05, 4.69) is 25.7 Å². The number of ether oxygens (including phenoxy) is 1. The van der Waals surface area contributed by atoms with Gasteiger partial charge in [0, 0.05) is 0 Å². The summed E-state index contributed by atoms with van der Waals surface area (Å²) in [6.07, 6.45) is 0. The van der Waals surface area contributed by atoms with Crippen molar-refractivity contribution in [2.75, 3.05) is 12.8 Å². The van der Waals surface area contributed by atoms with Crippen LogP contribution in [-0.2, 0) is 4.74 Å². The van der Waals surface area contributed by atoms with Gasteiger partial charge < -0.3 is 15.5 Å². The van der Waals surface area contributed by atoms with E-state index in [4.69, 9.17) is 5.73 Å². The van der Waals surface area contributed by atoms with E-state index < -0.39 is 11.8 Å². The number of esters is 1. The van der Waals surface area contributed by atoms with Gasteiger partial charge in [0.25, 0.3) is 0 Å². The summed E-state index contributed by atoms with van der Waals surface area (Å²) in [6, 6.07) is 0. The third kappa shape index (κ3) is 2.13. The molecule has 3 N–H and O–H groups in total. The molecule has 0 saturated carbocycles. The average molecular weight is 273 g/mol. The van der Waals surface area contributed by atoms with Gasteiger partial charge in [0.1, 0.15) is 11.5 Å². The summed E-state index contributed by atoms with van der Waals surface area (Å²) in [5, 5.41) is 0. The second-order valence-electron chi connectivity index (χ2n) is 2.03. The maximum absolute atomic E-state index is 12.8. The lowest BCUT2D eigenvalue weighted by Crippen LogP contribution is -2.02. The quantitative estimate of drug-likeness (QED) is 0.765. The Morgan fingerprint density at radius 2 is 2.23 bits per heavy atom. The number of carbonyl (C=O) groups is 1. The predicted molar refractivity (Wildman–Crippen MR) is 51.5 cm³/mol. The Hall–Kier alpha value is -0.750. The number of nitrogen functional groups attached to an aromatic ring is 1. The molecule has 0 spiro atoms. The largest absolute Gasteiger partial charge is 0.464 e. The van der Waals surface area contributed by atoms with Crippen molar-refractivity contribution >= 4 is 40.1 Å². The minimum Gasteiger partial charge on any atom is -0.464 e. The molecule has 1 heterocycles. The number of anilines is 1. The van der Waals surface area contributed by atoms with Gasteiger partial charge in [-0.15, -0.1) is 12.4 Å². The van der Waals surface area contributed by atoms with Crippen LogP contribution in [0.1, 0.15) is 10.5 Å². The molecule has 0 bridgehead atoms. The molecule has 0 aliphatic rings.